The maximum absolute atomic E-state index is 13.7. The van der Waals surface area contributed by atoms with Crippen molar-refractivity contribution < 1.29 is 14.1 Å². The van der Waals surface area contributed by atoms with E-state index in [9.17, 15) is 19.3 Å². The SMILES string of the molecule is C[C@@H]1CCCN(c2ccc(C(=O)NCc3ccccc3F)cc2[N+](=O)[O-])C1. The van der Waals surface area contributed by atoms with Gasteiger partial charge in [0.15, 0.2) is 0 Å². The van der Waals surface area contributed by atoms with Gasteiger partial charge in [-0.25, -0.2) is 4.39 Å². The summed E-state index contributed by atoms with van der Waals surface area (Å²) in [5, 5.41) is 14.2. The molecular weight excluding hydrogens is 349 g/mol. The third-order valence-corrected chi connectivity index (χ3v) is 4.83. The molecule has 2 aromatic rings. The fourth-order valence-corrected chi connectivity index (χ4v) is 3.41. The van der Waals surface area contributed by atoms with Gasteiger partial charge in [0.2, 0.25) is 0 Å². The van der Waals surface area contributed by atoms with Crippen molar-refractivity contribution in [3.8, 4) is 0 Å². The molecule has 6 nitrogen and oxygen atoms in total. The van der Waals surface area contributed by atoms with Gasteiger partial charge in [0.1, 0.15) is 11.5 Å². The molecule has 0 unspecified atom stereocenters. The van der Waals surface area contributed by atoms with Crippen LogP contribution in [-0.2, 0) is 6.54 Å². The average Bonchev–Trinajstić information content (AvgIpc) is 2.66. The molecule has 1 saturated heterocycles. The van der Waals surface area contributed by atoms with Crippen LogP contribution in [0.2, 0.25) is 0 Å². The minimum absolute atomic E-state index is 0.0185. The first kappa shape index (κ1) is 18.8. The first-order valence-electron chi connectivity index (χ1n) is 9.00. The van der Waals surface area contributed by atoms with Crippen molar-refractivity contribution in [2.75, 3.05) is 18.0 Å². The number of nitro benzene ring substituents is 1. The molecule has 0 aliphatic carbocycles. The molecule has 0 bridgehead atoms. The molecule has 0 spiro atoms. The molecular formula is C20H22FN3O3. The van der Waals surface area contributed by atoms with E-state index >= 15 is 0 Å². The summed E-state index contributed by atoms with van der Waals surface area (Å²) in [5.74, 6) is -0.402. The van der Waals surface area contributed by atoms with Gasteiger partial charge in [-0.05, 0) is 37.0 Å². The number of piperidine rings is 1. The van der Waals surface area contributed by atoms with Crippen molar-refractivity contribution in [1.82, 2.24) is 5.32 Å². The van der Waals surface area contributed by atoms with Crippen molar-refractivity contribution in [2.24, 2.45) is 5.92 Å². The quantitative estimate of drug-likeness (QED) is 0.639. The molecule has 0 aromatic heterocycles. The standard InChI is InChI=1S/C20H22FN3O3/c1-14-5-4-10-23(13-14)18-9-8-15(11-19(18)24(26)27)20(25)22-12-16-6-2-3-7-17(16)21/h2-3,6-9,11,14H,4-5,10,12-13H2,1H3,(H,22,25)/t14-/m1/s1. The molecule has 142 valence electrons. The van der Waals surface area contributed by atoms with Crippen molar-refractivity contribution in [1.29, 1.82) is 0 Å². The number of halogens is 1. The molecule has 2 aromatic carbocycles. The van der Waals surface area contributed by atoms with E-state index in [4.69, 9.17) is 0 Å². The van der Waals surface area contributed by atoms with Gasteiger partial charge in [-0.15, -0.1) is 0 Å². The van der Waals surface area contributed by atoms with Crippen LogP contribution in [0, 0.1) is 21.8 Å². The summed E-state index contributed by atoms with van der Waals surface area (Å²) < 4.78 is 13.7. The second kappa shape index (κ2) is 8.16. The molecule has 0 radical (unpaired) electrons. The summed E-state index contributed by atoms with van der Waals surface area (Å²) in [5.41, 5.74) is 1.01. The van der Waals surface area contributed by atoms with Gasteiger partial charge in [-0.1, -0.05) is 25.1 Å². The Morgan fingerprint density at radius 1 is 1.33 bits per heavy atom. The average molecular weight is 371 g/mol. The van der Waals surface area contributed by atoms with E-state index in [2.05, 4.69) is 12.2 Å². The number of nitrogens with one attached hydrogen (secondary N) is 1. The molecule has 1 atom stereocenters. The fraction of sp³-hybridized carbons (Fsp3) is 0.350. The molecule has 1 amide bonds. The Hall–Kier alpha value is -2.96. The van der Waals surface area contributed by atoms with Crippen LogP contribution >= 0.6 is 0 Å². The topological polar surface area (TPSA) is 75.5 Å². The summed E-state index contributed by atoms with van der Waals surface area (Å²) >= 11 is 0. The summed E-state index contributed by atoms with van der Waals surface area (Å²) in [6.07, 6.45) is 2.10. The zero-order chi connectivity index (χ0) is 19.4. The lowest BCUT2D eigenvalue weighted by atomic mass is 9.99. The molecule has 27 heavy (non-hydrogen) atoms. The van der Waals surface area contributed by atoms with E-state index in [1.54, 1.807) is 30.3 Å². The highest BCUT2D eigenvalue weighted by molar-refractivity contribution is 5.95. The molecule has 3 rings (SSSR count). The third kappa shape index (κ3) is 4.42. The third-order valence-electron chi connectivity index (χ3n) is 4.83. The smallest absolute Gasteiger partial charge is 0.293 e. The van der Waals surface area contributed by atoms with Crippen LogP contribution in [0.1, 0.15) is 35.7 Å². The summed E-state index contributed by atoms with van der Waals surface area (Å²) in [6, 6.07) is 10.7. The van der Waals surface area contributed by atoms with Crippen LogP contribution in [0.25, 0.3) is 0 Å². The largest absolute Gasteiger partial charge is 0.366 e. The maximum atomic E-state index is 13.7. The minimum Gasteiger partial charge on any atom is -0.366 e. The Morgan fingerprint density at radius 3 is 2.81 bits per heavy atom. The number of carbonyl (C=O) groups excluding carboxylic acids is 1. The van der Waals surface area contributed by atoms with Gasteiger partial charge < -0.3 is 10.2 Å². The zero-order valence-electron chi connectivity index (χ0n) is 15.2. The van der Waals surface area contributed by atoms with Crippen LogP contribution in [0.15, 0.2) is 42.5 Å². The van der Waals surface area contributed by atoms with Crippen molar-refractivity contribution in [2.45, 2.75) is 26.3 Å². The number of anilines is 1. The number of rotatable bonds is 5. The van der Waals surface area contributed by atoms with Gasteiger partial charge in [0.25, 0.3) is 11.6 Å². The summed E-state index contributed by atoms with van der Waals surface area (Å²) in [4.78, 5) is 25.5. The Balaban J connectivity index is 1.78. The van der Waals surface area contributed by atoms with Crippen LogP contribution in [-0.4, -0.2) is 23.9 Å². The molecule has 1 aliphatic heterocycles. The van der Waals surface area contributed by atoms with Crippen molar-refractivity contribution in [3.05, 3.63) is 69.5 Å². The van der Waals surface area contributed by atoms with Gasteiger partial charge in [0, 0.05) is 36.8 Å². The molecule has 1 fully saturated rings. The van der Waals surface area contributed by atoms with E-state index in [-0.39, 0.29) is 17.8 Å². The Kier molecular flexibility index (Phi) is 5.69. The minimum atomic E-state index is -0.472. The number of carbonyl (C=O) groups is 1. The van der Waals surface area contributed by atoms with Gasteiger partial charge in [0.05, 0.1) is 4.92 Å². The number of amides is 1. The highest BCUT2D eigenvalue weighted by Crippen LogP contribution is 2.32. The predicted molar refractivity (Wildman–Crippen MR) is 101 cm³/mol. The molecule has 1 N–H and O–H groups in total. The summed E-state index contributed by atoms with van der Waals surface area (Å²) in [7, 11) is 0. The Morgan fingerprint density at radius 2 is 2.11 bits per heavy atom. The van der Waals surface area contributed by atoms with E-state index in [0.29, 0.717) is 17.2 Å². The van der Waals surface area contributed by atoms with Gasteiger partial charge in [-0.2, -0.15) is 0 Å². The highest BCUT2D eigenvalue weighted by atomic mass is 19.1. The predicted octanol–water partition coefficient (Wildman–Crippen LogP) is 3.90. The first-order chi connectivity index (χ1) is 13.0. The zero-order valence-corrected chi connectivity index (χ0v) is 15.2. The molecule has 1 heterocycles. The van der Waals surface area contributed by atoms with Crippen LogP contribution in [0.3, 0.4) is 0 Å². The number of hydrogen-bond donors (Lipinski definition) is 1. The Labute approximate surface area is 157 Å². The van der Waals surface area contributed by atoms with Crippen molar-refractivity contribution in [3.63, 3.8) is 0 Å². The lowest BCUT2D eigenvalue weighted by molar-refractivity contribution is -0.384. The second-order valence-electron chi connectivity index (χ2n) is 6.93. The normalized spacial score (nSPS) is 16.8. The number of nitrogens with zero attached hydrogens (tertiary/aromatic N) is 2. The summed E-state index contributed by atoms with van der Waals surface area (Å²) in [6.45, 7) is 3.68. The van der Waals surface area contributed by atoms with E-state index in [1.165, 1.54) is 12.1 Å². The lowest BCUT2D eigenvalue weighted by Gasteiger charge is -2.32. The first-order valence-corrected chi connectivity index (χ1v) is 9.00. The van der Waals surface area contributed by atoms with Gasteiger partial charge >= 0.3 is 0 Å². The van der Waals surface area contributed by atoms with E-state index < -0.39 is 16.6 Å². The highest BCUT2D eigenvalue weighted by Gasteiger charge is 2.25. The van der Waals surface area contributed by atoms with Gasteiger partial charge in [-0.3, -0.25) is 14.9 Å². The number of benzene rings is 2. The lowest BCUT2D eigenvalue weighted by Crippen LogP contribution is -2.34. The number of nitro groups is 1. The maximum Gasteiger partial charge on any atom is 0.293 e. The van der Waals surface area contributed by atoms with Crippen molar-refractivity contribution >= 4 is 17.3 Å². The van der Waals surface area contributed by atoms with Crippen LogP contribution in [0.5, 0.6) is 0 Å². The second-order valence-corrected chi connectivity index (χ2v) is 6.93. The fourth-order valence-electron chi connectivity index (χ4n) is 3.41. The molecule has 0 saturated carbocycles. The Bertz CT molecular complexity index is 856. The van der Waals surface area contributed by atoms with Crippen LogP contribution in [0.4, 0.5) is 15.8 Å². The van der Waals surface area contributed by atoms with E-state index in [0.717, 1.165) is 25.9 Å². The monoisotopic (exact) mass is 371 g/mol. The molecule has 1 aliphatic rings. The van der Waals surface area contributed by atoms with E-state index in [1.807, 2.05) is 4.90 Å². The molecule has 7 heteroatoms. The van der Waals surface area contributed by atoms with Crippen LogP contribution < -0.4 is 10.2 Å². The number of hydrogen-bond acceptors (Lipinski definition) is 4.